The second kappa shape index (κ2) is 10.6. The van der Waals surface area contributed by atoms with E-state index in [-0.39, 0.29) is 25.4 Å². The van der Waals surface area contributed by atoms with E-state index in [1.807, 2.05) is 13.8 Å². The summed E-state index contributed by atoms with van der Waals surface area (Å²) in [5, 5.41) is 19.7. The van der Waals surface area contributed by atoms with Crippen LogP contribution in [-0.4, -0.2) is 47.2 Å². The van der Waals surface area contributed by atoms with Gasteiger partial charge in [0.15, 0.2) is 0 Å². The van der Waals surface area contributed by atoms with Gasteiger partial charge in [-0.1, -0.05) is 38.1 Å². The van der Waals surface area contributed by atoms with E-state index >= 15 is 0 Å². The predicted octanol–water partition coefficient (Wildman–Crippen LogP) is 3.96. The third-order valence-electron chi connectivity index (χ3n) is 5.22. The molecule has 0 saturated carbocycles. The van der Waals surface area contributed by atoms with Crippen molar-refractivity contribution in [3.05, 3.63) is 53.1 Å². The van der Waals surface area contributed by atoms with Crippen molar-refractivity contribution in [2.75, 3.05) is 12.9 Å². The molecular weight excluding hydrogens is 449 g/mol. The van der Waals surface area contributed by atoms with Gasteiger partial charge in [-0.15, -0.1) is 0 Å². The fraction of sp³-hybridized carbons (Fsp3) is 0.458. The zero-order valence-electron chi connectivity index (χ0n) is 19.6. The van der Waals surface area contributed by atoms with Crippen LogP contribution in [0.1, 0.15) is 62.9 Å². The number of nitrogens with zero attached hydrogens (tertiary/aromatic N) is 1. The van der Waals surface area contributed by atoms with Crippen molar-refractivity contribution in [3.63, 3.8) is 0 Å². The summed E-state index contributed by atoms with van der Waals surface area (Å²) in [7, 11) is -3.61. The molecular formula is C24H32FNO6S. The quantitative estimate of drug-likeness (QED) is 0.302. The topological polar surface area (TPSA) is 106 Å². The van der Waals surface area contributed by atoms with Crippen LogP contribution in [0.25, 0.3) is 17.2 Å². The molecule has 0 spiro atoms. The molecule has 1 heterocycles. The number of esters is 1. The van der Waals surface area contributed by atoms with Crippen molar-refractivity contribution >= 4 is 22.1 Å². The van der Waals surface area contributed by atoms with Crippen LogP contribution < -0.4 is 0 Å². The Labute approximate surface area is 194 Å². The molecule has 0 unspecified atom stereocenters. The van der Waals surface area contributed by atoms with Gasteiger partial charge >= 0.3 is 5.97 Å². The van der Waals surface area contributed by atoms with Gasteiger partial charge in [-0.05, 0) is 50.3 Å². The lowest BCUT2D eigenvalue weighted by Gasteiger charge is -2.18. The van der Waals surface area contributed by atoms with Gasteiger partial charge in [0.1, 0.15) is 5.82 Å². The molecule has 0 aliphatic rings. The van der Waals surface area contributed by atoms with Gasteiger partial charge in [0, 0.05) is 28.9 Å². The van der Waals surface area contributed by atoms with Gasteiger partial charge in [0.2, 0.25) is 10.0 Å². The lowest BCUT2D eigenvalue weighted by molar-refractivity contribution is -0.211. The minimum atomic E-state index is -3.61. The van der Waals surface area contributed by atoms with Crippen molar-refractivity contribution in [2.45, 2.75) is 58.7 Å². The number of unbranched alkanes of at least 4 members (excludes halogenated alkanes) is 1. The lowest BCUT2D eigenvalue weighted by atomic mass is 9.96. The molecule has 33 heavy (non-hydrogen) atoms. The largest absolute Gasteiger partial charge is 0.462 e. The highest BCUT2D eigenvalue weighted by atomic mass is 32.2. The minimum Gasteiger partial charge on any atom is -0.462 e. The van der Waals surface area contributed by atoms with E-state index in [0.29, 0.717) is 34.5 Å². The molecule has 0 fully saturated rings. The predicted molar refractivity (Wildman–Crippen MR) is 126 cm³/mol. The number of hydrogen-bond donors (Lipinski definition) is 2. The normalized spacial score (nSPS) is 12.6. The molecule has 0 aliphatic carbocycles. The van der Waals surface area contributed by atoms with Crippen LogP contribution in [-0.2, 0) is 19.6 Å². The Hall–Kier alpha value is -2.49. The Morgan fingerprint density at radius 2 is 1.85 bits per heavy atom. The Morgan fingerprint density at radius 3 is 2.36 bits per heavy atom. The number of carbonyl (C=O) groups is 1. The average molecular weight is 482 g/mol. The van der Waals surface area contributed by atoms with Crippen LogP contribution >= 0.6 is 0 Å². The average Bonchev–Trinajstić information content (AvgIpc) is 3.01. The lowest BCUT2D eigenvalue weighted by Crippen LogP contribution is -2.39. The van der Waals surface area contributed by atoms with Crippen molar-refractivity contribution in [3.8, 4) is 11.1 Å². The number of halogens is 1. The monoisotopic (exact) mass is 481 g/mol. The van der Waals surface area contributed by atoms with Crippen LogP contribution in [0.2, 0.25) is 0 Å². The fourth-order valence-corrected chi connectivity index (χ4v) is 5.11. The summed E-state index contributed by atoms with van der Waals surface area (Å²) in [6, 6.07) is 5.87. The summed E-state index contributed by atoms with van der Waals surface area (Å²) in [5.74, 6) is -4.16. The summed E-state index contributed by atoms with van der Waals surface area (Å²) in [6.45, 7) is 7.13. The molecule has 9 heteroatoms. The number of hydrogen-bond acceptors (Lipinski definition) is 6. The smallest absolute Gasteiger partial charge is 0.366 e. The first kappa shape index (κ1) is 26.8. The number of aromatic nitrogens is 1. The summed E-state index contributed by atoms with van der Waals surface area (Å²) < 4.78 is 44.7. The number of allylic oxidation sites excluding steroid dienone is 1. The number of rotatable bonds is 10. The van der Waals surface area contributed by atoms with Gasteiger partial charge < -0.3 is 14.9 Å². The molecule has 0 aliphatic heterocycles. The number of carbonyl (C=O) groups excluding carboxylic acids is 1. The molecule has 0 saturated heterocycles. The maximum atomic E-state index is 13.5. The Morgan fingerprint density at radius 1 is 1.24 bits per heavy atom. The highest BCUT2D eigenvalue weighted by molar-refractivity contribution is 7.89. The van der Waals surface area contributed by atoms with Gasteiger partial charge in [0.05, 0.1) is 12.9 Å². The molecule has 2 rings (SSSR count). The molecule has 1 aromatic heterocycles. The van der Waals surface area contributed by atoms with E-state index < -0.39 is 27.6 Å². The van der Waals surface area contributed by atoms with Crippen molar-refractivity contribution in [1.29, 1.82) is 0 Å². The van der Waals surface area contributed by atoms with E-state index in [4.69, 9.17) is 0 Å². The van der Waals surface area contributed by atoms with Gasteiger partial charge in [-0.3, -0.25) is 0 Å². The molecule has 0 bridgehead atoms. The summed E-state index contributed by atoms with van der Waals surface area (Å²) in [4.78, 5) is 11.6. The molecule has 182 valence electrons. The third-order valence-corrected chi connectivity index (χ3v) is 6.36. The van der Waals surface area contributed by atoms with E-state index in [9.17, 15) is 27.8 Å². The Kier molecular flexibility index (Phi) is 8.62. The highest BCUT2D eigenvalue weighted by Gasteiger charge is 2.34. The molecule has 7 nitrogen and oxygen atoms in total. The fourth-order valence-electron chi connectivity index (χ4n) is 3.85. The number of benzene rings is 1. The highest BCUT2D eigenvalue weighted by Crippen LogP contribution is 2.38. The van der Waals surface area contributed by atoms with Crippen LogP contribution in [0.4, 0.5) is 4.39 Å². The summed E-state index contributed by atoms with van der Waals surface area (Å²) in [5.41, 5.74) is 3.20. The maximum Gasteiger partial charge on any atom is 0.366 e. The van der Waals surface area contributed by atoms with Gasteiger partial charge in [-0.25, -0.2) is 21.6 Å². The van der Waals surface area contributed by atoms with Crippen LogP contribution in [0, 0.1) is 12.7 Å². The Balaban J connectivity index is 2.44. The van der Waals surface area contributed by atoms with Crippen molar-refractivity contribution in [2.24, 2.45) is 0 Å². The SMILES string of the molecule is CCOC(=O)C(O)(O)CCC/C=C/c1c(-c2ccc(F)cc2)c(C)n(S(C)(=O)=O)c1C(C)C. The third kappa shape index (κ3) is 6.31. The second-order valence-electron chi connectivity index (χ2n) is 8.28. The van der Waals surface area contributed by atoms with E-state index in [1.165, 1.54) is 16.1 Å². The van der Waals surface area contributed by atoms with Gasteiger partial charge in [-0.2, -0.15) is 0 Å². The number of ether oxygens (including phenoxy) is 1. The van der Waals surface area contributed by atoms with E-state index in [2.05, 4.69) is 4.74 Å². The zero-order chi connectivity index (χ0) is 25.0. The van der Waals surface area contributed by atoms with Crippen molar-refractivity contribution < 1.29 is 32.6 Å². The van der Waals surface area contributed by atoms with E-state index in [0.717, 1.165) is 6.26 Å². The first-order valence-electron chi connectivity index (χ1n) is 10.8. The van der Waals surface area contributed by atoms with Crippen molar-refractivity contribution in [1.82, 2.24) is 3.97 Å². The summed E-state index contributed by atoms with van der Waals surface area (Å²) >= 11 is 0. The molecule has 0 atom stereocenters. The van der Waals surface area contributed by atoms with Crippen LogP contribution in [0.5, 0.6) is 0 Å². The molecule has 0 radical (unpaired) electrons. The van der Waals surface area contributed by atoms with Gasteiger partial charge in [0.25, 0.3) is 5.79 Å². The van der Waals surface area contributed by atoms with Crippen LogP contribution in [0.3, 0.4) is 0 Å². The molecule has 1 aromatic carbocycles. The number of aliphatic hydroxyl groups is 2. The zero-order valence-corrected chi connectivity index (χ0v) is 20.4. The first-order valence-corrected chi connectivity index (χ1v) is 12.7. The molecule has 2 N–H and O–H groups in total. The maximum absolute atomic E-state index is 13.5. The molecule has 0 amide bonds. The second-order valence-corrected chi connectivity index (χ2v) is 10.1. The minimum absolute atomic E-state index is 0.0441. The van der Waals surface area contributed by atoms with E-state index in [1.54, 1.807) is 38.1 Å². The first-order chi connectivity index (χ1) is 15.3. The molecule has 2 aromatic rings. The standard InChI is InChI=1S/C24H32FNO6S/c1-6-32-23(27)24(28,29)15-9-7-8-10-20-21(18-11-13-19(25)14-12-18)17(4)26(33(5,30)31)22(20)16(2)3/h8,10-14,16,28-29H,6-7,9,15H2,1-5H3/b10-8+. The summed E-state index contributed by atoms with van der Waals surface area (Å²) in [6.07, 6.45) is 5.22. The Bertz CT molecular complexity index is 1110. The van der Waals surface area contributed by atoms with Crippen LogP contribution in [0.15, 0.2) is 30.3 Å².